The van der Waals surface area contributed by atoms with Crippen molar-refractivity contribution in [2.75, 3.05) is 6.61 Å². The summed E-state index contributed by atoms with van der Waals surface area (Å²) in [6.07, 6.45) is -0.623. The van der Waals surface area contributed by atoms with Gasteiger partial charge in [-0.05, 0) is 27.2 Å². The zero-order valence-electron chi connectivity index (χ0n) is 9.65. The van der Waals surface area contributed by atoms with Gasteiger partial charge in [-0.25, -0.2) is 4.79 Å². The monoisotopic (exact) mass is 234 g/mol. The number of carbonyl (C=O) groups is 2. The third-order valence-corrected chi connectivity index (χ3v) is 1.40. The van der Waals surface area contributed by atoms with Crippen molar-refractivity contribution >= 4 is 12.1 Å². The van der Waals surface area contributed by atoms with Crippen LogP contribution in [0.15, 0.2) is 0 Å². The lowest BCUT2D eigenvalue weighted by Crippen LogP contribution is -2.35. The summed E-state index contributed by atoms with van der Waals surface area (Å²) in [7, 11) is 0. The highest BCUT2D eigenvalue weighted by Gasteiger charge is 2.16. The molecule has 7 heteroatoms. The third-order valence-electron chi connectivity index (χ3n) is 1.40. The lowest BCUT2D eigenvalue weighted by molar-refractivity contribution is -0.139. The van der Waals surface area contributed by atoms with Crippen molar-refractivity contribution in [2.24, 2.45) is 5.73 Å². The molecule has 0 unspecified atom stereocenters. The van der Waals surface area contributed by atoms with Gasteiger partial charge in [-0.2, -0.15) is 5.48 Å². The van der Waals surface area contributed by atoms with Crippen LogP contribution in [0, 0.1) is 0 Å². The van der Waals surface area contributed by atoms with E-state index < -0.39 is 23.7 Å². The summed E-state index contributed by atoms with van der Waals surface area (Å²) in [6.45, 7) is 5.15. The van der Waals surface area contributed by atoms with Crippen molar-refractivity contribution in [2.45, 2.75) is 38.8 Å². The molecule has 0 spiro atoms. The van der Waals surface area contributed by atoms with Crippen LogP contribution in [0.3, 0.4) is 0 Å². The molecule has 1 atom stereocenters. The summed E-state index contributed by atoms with van der Waals surface area (Å²) in [4.78, 5) is 26.0. The molecule has 0 aliphatic rings. The fraction of sp³-hybridized carbons (Fsp3) is 0.778. The second-order valence-corrected chi connectivity index (χ2v) is 4.19. The van der Waals surface area contributed by atoms with Gasteiger partial charge in [0.15, 0.2) is 0 Å². The number of hydrogen-bond donors (Lipinski definition) is 3. The highest BCUT2D eigenvalue weighted by Crippen LogP contribution is 2.06. The summed E-state index contributed by atoms with van der Waals surface area (Å²) < 4.78 is 4.87. The number of nitrogens with two attached hydrogens (primary N) is 1. The molecule has 94 valence electrons. The minimum Gasteiger partial charge on any atom is -0.480 e. The number of hydrogen-bond acceptors (Lipinski definition) is 5. The topological polar surface area (TPSA) is 111 Å². The number of carbonyl (C=O) groups excluding carboxylic acids is 1. The van der Waals surface area contributed by atoms with Crippen molar-refractivity contribution in [1.29, 1.82) is 0 Å². The van der Waals surface area contributed by atoms with E-state index in [1.54, 1.807) is 20.8 Å². The van der Waals surface area contributed by atoms with E-state index in [4.69, 9.17) is 20.4 Å². The van der Waals surface area contributed by atoms with Gasteiger partial charge >= 0.3 is 12.1 Å². The van der Waals surface area contributed by atoms with Crippen molar-refractivity contribution in [3.05, 3.63) is 0 Å². The first-order valence-corrected chi connectivity index (χ1v) is 4.81. The average Bonchev–Trinajstić information content (AvgIpc) is 2.08. The minimum absolute atomic E-state index is 0.00666. The Morgan fingerprint density at radius 3 is 2.44 bits per heavy atom. The van der Waals surface area contributed by atoms with Gasteiger partial charge in [0.05, 0.1) is 6.61 Å². The van der Waals surface area contributed by atoms with E-state index >= 15 is 0 Å². The van der Waals surface area contributed by atoms with Crippen LogP contribution < -0.4 is 11.2 Å². The molecule has 4 N–H and O–H groups in total. The highest BCUT2D eigenvalue weighted by atomic mass is 16.7. The molecule has 0 bridgehead atoms. The van der Waals surface area contributed by atoms with E-state index in [1.165, 1.54) is 0 Å². The van der Waals surface area contributed by atoms with Gasteiger partial charge in [-0.15, -0.1) is 0 Å². The molecule has 0 aromatic heterocycles. The third kappa shape index (κ3) is 8.01. The smallest absolute Gasteiger partial charge is 0.431 e. The Labute approximate surface area is 93.8 Å². The number of aliphatic carboxylic acids is 1. The van der Waals surface area contributed by atoms with Crippen molar-refractivity contribution < 1.29 is 24.3 Å². The number of hydroxylamine groups is 1. The summed E-state index contributed by atoms with van der Waals surface area (Å²) in [5.74, 6) is -1.11. The zero-order valence-corrected chi connectivity index (χ0v) is 9.65. The van der Waals surface area contributed by atoms with E-state index in [9.17, 15) is 9.59 Å². The van der Waals surface area contributed by atoms with Crippen LogP contribution in [-0.4, -0.2) is 35.4 Å². The maximum absolute atomic E-state index is 11.0. The lowest BCUT2D eigenvalue weighted by atomic mass is 10.2. The maximum Gasteiger partial charge on any atom is 0.431 e. The van der Waals surface area contributed by atoms with Crippen molar-refractivity contribution in [1.82, 2.24) is 5.48 Å². The van der Waals surface area contributed by atoms with Crippen molar-refractivity contribution in [3.8, 4) is 0 Å². The molecule has 0 saturated carbocycles. The normalized spacial score (nSPS) is 13.0. The fourth-order valence-electron chi connectivity index (χ4n) is 0.718. The van der Waals surface area contributed by atoms with Crippen LogP contribution in [0.2, 0.25) is 0 Å². The van der Waals surface area contributed by atoms with Crippen LogP contribution in [-0.2, 0) is 14.4 Å². The predicted octanol–water partition coefficient (Wildman–Crippen LogP) is 0.245. The molecule has 0 aromatic rings. The largest absolute Gasteiger partial charge is 0.480 e. The van der Waals surface area contributed by atoms with Gasteiger partial charge in [0.2, 0.25) is 0 Å². The Bertz CT molecular complexity index is 249. The van der Waals surface area contributed by atoms with E-state index in [0.29, 0.717) is 0 Å². The Balaban J connectivity index is 3.60. The maximum atomic E-state index is 11.0. The first kappa shape index (κ1) is 14.7. The summed E-state index contributed by atoms with van der Waals surface area (Å²) in [6, 6.07) is -1.000. The molecule has 0 radical (unpaired) electrons. The molecule has 0 rings (SSSR count). The quantitative estimate of drug-likeness (QED) is 0.464. The summed E-state index contributed by atoms with van der Waals surface area (Å²) in [5.41, 5.74) is 6.63. The standard InChI is InChI=1S/C9H18N2O5/c1-9(2,3)16-8(14)11-15-5-4-6(10)7(12)13/h6H,4-5,10H2,1-3H3,(H,11,14)(H,12,13)/t6-/m0/s1. The number of rotatable bonds is 5. The first-order valence-electron chi connectivity index (χ1n) is 4.81. The lowest BCUT2D eigenvalue weighted by Gasteiger charge is -2.19. The average molecular weight is 234 g/mol. The predicted molar refractivity (Wildman–Crippen MR) is 55.5 cm³/mol. The second kappa shape index (κ2) is 6.29. The molecule has 1 amide bonds. The molecule has 0 aliphatic carbocycles. The molecule has 0 heterocycles. The van der Waals surface area contributed by atoms with Gasteiger partial charge in [0.25, 0.3) is 0 Å². The van der Waals surface area contributed by atoms with Crippen LogP contribution >= 0.6 is 0 Å². The molecule has 0 aromatic carbocycles. The molecular weight excluding hydrogens is 216 g/mol. The Morgan fingerprint density at radius 1 is 1.44 bits per heavy atom. The zero-order chi connectivity index (χ0) is 12.8. The Hall–Kier alpha value is -1.34. The number of carboxylic acids is 1. The van der Waals surface area contributed by atoms with Crippen LogP contribution in [0.1, 0.15) is 27.2 Å². The molecule has 16 heavy (non-hydrogen) atoms. The molecule has 0 saturated heterocycles. The number of nitrogens with one attached hydrogen (secondary N) is 1. The minimum atomic E-state index is -1.11. The van der Waals surface area contributed by atoms with Gasteiger partial charge in [0.1, 0.15) is 11.6 Å². The van der Waals surface area contributed by atoms with Crippen LogP contribution in [0.25, 0.3) is 0 Å². The first-order chi connectivity index (χ1) is 7.22. The second-order valence-electron chi connectivity index (χ2n) is 4.19. The van der Waals surface area contributed by atoms with E-state index in [-0.39, 0.29) is 13.0 Å². The molecular formula is C9H18N2O5. The fourth-order valence-corrected chi connectivity index (χ4v) is 0.718. The van der Waals surface area contributed by atoms with Crippen LogP contribution in [0.5, 0.6) is 0 Å². The van der Waals surface area contributed by atoms with Crippen LogP contribution in [0.4, 0.5) is 4.79 Å². The van der Waals surface area contributed by atoms with Gasteiger partial charge < -0.3 is 15.6 Å². The van der Waals surface area contributed by atoms with E-state index in [0.717, 1.165) is 0 Å². The molecule has 0 aliphatic heterocycles. The molecule has 0 fully saturated rings. The molecule has 7 nitrogen and oxygen atoms in total. The van der Waals surface area contributed by atoms with Gasteiger partial charge in [-0.3, -0.25) is 9.63 Å². The van der Waals surface area contributed by atoms with Crippen molar-refractivity contribution in [3.63, 3.8) is 0 Å². The highest BCUT2D eigenvalue weighted by molar-refractivity contribution is 5.73. The number of amides is 1. The van der Waals surface area contributed by atoms with E-state index in [2.05, 4.69) is 0 Å². The van der Waals surface area contributed by atoms with Gasteiger partial charge in [-0.1, -0.05) is 0 Å². The summed E-state index contributed by atoms with van der Waals surface area (Å²) in [5, 5.41) is 8.45. The number of carboxylic acid groups (broad SMARTS) is 1. The Kier molecular flexibility index (Phi) is 5.76. The Morgan fingerprint density at radius 2 is 2.00 bits per heavy atom. The van der Waals surface area contributed by atoms with Gasteiger partial charge in [0, 0.05) is 0 Å². The SMILES string of the molecule is CC(C)(C)OC(=O)NOCC[C@H](N)C(=O)O. The summed E-state index contributed by atoms with van der Waals surface area (Å²) >= 11 is 0. The number of ether oxygens (including phenoxy) is 1. The van der Waals surface area contributed by atoms with E-state index in [1.807, 2.05) is 5.48 Å².